The molecule has 1 aromatic heterocycles. The third-order valence-corrected chi connectivity index (χ3v) is 5.36. The average molecular weight is 344 g/mol. The number of nitrogens with one attached hydrogen (secondary N) is 1. The Morgan fingerprint density at radius 2 is 1.81 bits per heavy atom. The quantitative estimate of drug-likeness (QED) is 0.744. The molecule has 26 heavy (non-hydrogen) atoms. The lowest BCUT2D eigenvalue weighted by molar-refractivity contribution is 0.603. The van der Waals surface area contributed by atoms with Gasteiger partial charge < -0.3 is 4.98 Å². The van der Waals surface area contributed by atoms with Crippen LogP contribution in [0.1, 0.15) is 41.7 Å². The van der Waals surface area contributed by atoms with Crippen LogP contribution in [0.2, 0.25) is 0 Å². The van der Waals surface area contributed by atoms with Crippen LogP contribution >= 0.6 is 0 Å². The molecular weight excluding hydrogens is 320 g/mol. The standard InChI is InChI=1S/C23H24N2O/c1-5-17-11-18-9-10-19(12-21(18)25-22(17)26)23(4,14-24)13-20-15(2)7-6-8-16(20)3/h6-12H,5,13H2,1-4H3,(H,25,26). The molecule has 3 rings (SSSR count). The van der Waals surface area contributed by atoms with Crippen LogP contribution in [0, 0.1) is 25.2 Å². The van der Waals surface area contributed by atoms with Crippen LogP contribution in [-0.2, 0) is 18.3 Å². The van der Waals surface area contributed by atoms with Gasteiger partial charge in [0.05, 0.1) is 11.5 Å². The predicted molar refractivity (Wildman–Crippen MR) is 107 cm³/mol. The van der Waals surface area contributed by atoms with Crippen LogP contribution < -0.4 is 5.56 Å². The molecular formula is C23H24N2O. The van der Waals surface area contributed by atoms with E-state index >= 15 is 0 Å². The zero-order valence-corrected chi connectivity index (χ0v) is 15.8. The van der Waals surface area contributed by atoms with Gasteiger partial charge in [-0.2, -0.15) is 5.26 Å². The van der Waals surface area contributed by atoms with E-state index in [1.54, 1.807) is 0 Å². The molecule has 0 amide bonds. The molecule has 0 aliphatic rings. The van der Waals surface area contributed by atoms with Gasteiger partial charge in [-0.3, -0.25) is 4.79 Å². The fourth-order valence-corrected chi connectivity index (χ4v) is 3.54. The maximum atomic E-state index is 12.2. The Balaban J connectivity index is 2.10. The van der Waals surface area contributed by atoms with E-state index in [2.05, 4.69) is 37.0 Å². The molecule has 0 saturated carbocycles. The Morgan fingerprint density at radius 3 is 2.42 bits per heavy atom. The number of nitrogens with zero attached hydrogens (tertiary/aromatic N) is 1. The van der Waals surface area contributed by atoms with Crippen molar-refractivity contribution in [3.05, 3.63) is 80.6 Å². The molecule has 0 bridgehead atoms. The van der Waals surface area contributed by atoms with Crippen LogP contribution in [0.3, 0.4) is 0 Å². The van der Waals surface area contributed by atoms with Crippen molar-refractivity contribution in [1.29, 1.82) is 5.26 Å². The number of hydrogen-bond acceptors (Lipinski definition) is 2. The van der Waals surface area contributed by atoms with E-state index in [0.717, 1.165) is 22.0 Å². The first-order valence-electron chi connectivity index (χ1n) is 9.00. The second kappa shape index (κ2) is 6.80. The zero-order chi connectivity index (χ0) is 18.9. The lowest BCUT2D eigenvalue weighted by atomic mass is 9.76. The Hall–Kier alpha value is -2.86. The minimum Gasteiger partial charge on any atom is -0.322 e. The number of fused-ring (bicyclic) bond motifs is 1. The normalized spacial score (nSPS) is 13.3. The van der Waals surface area contributed by atoms with Gasteiger partial charge in [0, 0.05) is 11.1 Å². The van der Waals surface area contributed by atoms with E-state index in [1.807, 2.05) is 44.2 Å². The van der Waals surface area contributed by atoms with E-state index in [4.69, 9.17) is 0 Å². The van der Waals surface area contributed by atoms with Crippen molar-refractivity contribution in [1.82, 2.24) is 4.98 Å². The van der Waals surface area contributed by atoms with Gasteiger partial charge in [0.25, 0.3) is 5.56 Å². The molecule has 1 atom stereocenters. The Kier molecular flexibility index (Phi) is 4.70. The van der Waals surface area contributed by atoms with E-state index in [1.165, 1.54) is 16.7 Å². The number of aromatic amines is 1. The molecule has 0 aliphatic heterocycles. The molecule has 2 aromatic carbocycles. The molecule has 1 unspecified atom stereocenters. The van der Waals surface area contributed by atoms with Gasteiger partial charge in [-0.25, -0.2) is 0 Å². The summed E-state index contributed by atoms with van der Waals surface area (Å²) in [5, 5.41) is 11.0. The number of H-pyrrole nitrogens is 1. The second-order valence-corrected chi connectivity index (χ2v) is 7.27. The number of benzene rings is 2. The summed E-state index contributed by atoms with van der Waals surface area (Å²) in [5.41, 5.74) is 5.40. The predicted octanol–water partition coefficient (Wildman–Crippen LogP) is 4.73. The first-order valence-corrected chi connectivity index (χ1v) is 9.00. The van der Waals surface area contributed by atoms with Crippen LogP contribution in [0.5, 0.6) is 0 Å². The minimum absolute atomic E-state index is 0.0504. The molecule has 3 nitrogen and oxygen atoms in total. The van der Waals surface area contributed by atoms with Crippen LogP contribution in [0.4, 0.5) is 0 Å². The molecule has 1 heterocycles. The molecule has 0 fully saturated rings. The lowest BCUT2D eigenvalue weighted by Crippen LogP contribution is -2.24. The van der Waals surface area contributed by atoms with Gasteiger partial charge in [-0.05, 0) is 73.4 Å². The van der Waals surface area contributed by atoms with Crippen molar-refractivity contribution in [2.45, 2.75) is 46.0 Å². The third kappa shape index (κ3) is 3.15. The van der Waals surface area contributed by atoms with E-state index in [-0.39, 0.29) is 5.56 Å². The van der Waals surface area contributed by atoms with Crippen molar-refractivity contribution >= 4 is 10.9 Å². The molecule has 0 radical (unpaired) electrons. The first kappa shape index (κ1) is 17.9. The number of aromatic nitrogens is 1. The van der Waals surface area contributed by atoms with Gasteiger partial charge in [0.2, 0.25) is 0 Å². The van der Waals surface area contributed by atoms with Crippen LogP contribution in [0.25, 0.3) is 10.9 Å². The summed E-state index contributed by atoms with van der Waals surface area (Å²) in [5.74, 6) is 0. The number of hydrogen-bond donors (Lipinski definition) is 1. The minimum atomic E-state index is -0.661. The summed E-state index contributed by atoms with van der Waals surface area (Å²) in [6.07, 6.45) is 1.35. The Labute approximate surface area is 154 Å². The number of pyridine rings is 1. The molecule has 3 aromatic rings. The van der Waals surface area contributed by atoms with Gasteiger partial charge in [-0.1, -0.05) is 37.3 Å². The molecule has 132 valence electrons. The maximum Gasteiger partial charge on any atom is 0.251 e. The van der Waals surface area contributed by atoms with Gasteiger partial charge in [0.1, 0.15) is 0 Å². The van der Waals surface area contributed by atoms with Gasteiger partial charge in [0.15, 0.2) is 0 Å². The maximum absolute atomic E-state index is 12.2. The molecule has 0 aliphatic carbocycles. The highest BCUT2D eigenvalue weighted by Crippen LogP contribution is 2.31. The van der Waals surface area contributed by atoms with E-state index in [0.29, 0.717) is 12.8 Å². The number of rotatable bonds is 4. The topological polar surface area (TPSA) is 56.6 Å². The smallest absolute Gasteiger partial charge is 0.251 e. The highest BCUT2D eigenvalue weighted by molar-refractivity contribution is 5.80. The fourth-order valence-electron chi connectivity index (χ4n) is 3.54. The van der Waals surface area contributed by atoms with E-state index in [9.17, 15) is 10.1 Å². The van der Waals surface area contributed by atoms with Crippen molar-refractivity contribution in [3.8, 4) is 6.07 Å². The summed E-state index contributed by atoms with van der Waals surface area (Å²) in [6, 6.07) is 16.6. The van der Waals surface area contributed by atoms with Crippen molar-refractivity contribution in [2.75, 3.05) is 0 Å². The Morgan fingerprint density at radius 1 is 1.12 bits per heavy atom. The summed E-state index contributed by atoms with van der Waals surface area (Å²) >= 11 is 0. The largest absolute Gasteiger partial charge is 0.322 e. The van der Waals surface area contributed by atoms with Crippen LogP contribution in [-0.4, -0.2) is 4.98 Å². The van der Waals surface area contributed by atoms with Crippen molar-refractivity contribution in [3.63, 3.8) is 0 Å². The van der Waals surface area contributed by atoms with Crippen molar-refractivity contribution in [2.24, 2.45) is 0 Å². The zero-order valence-electron chi connectivity index (χ0n) is 15.8. The number of aryl methyl sites for hydroxylation is 3. The highest BCUT2D eigenvalue weighted by atomic mass is 16.1. The fraction of sp³-hybridized carbons (Fsp3) is 0.304. The van der Waals surface area contributed by atoms with E-state index < -0.39 is 5.41 Å². The van der Waals surface area contributed by atoms with Crippen LogP contribution in [0.15, 0.2) is 47.3 Å². The molecule has 0 spiro atoms. The third-order valence-electron chi connectivity index (χ3n) is 5.36. The molecule has 1 N–H and O–H groups in total. The average Bonchev–Trinajstić information content (AvgIpc) is 2.63. The van der Waals surface area contributed by atoms with Crippen molar-refractivity contribution < 1.29 is 0 Å². The monoisotopic (exact) mass is 344 g/mol. The van der Waals surface area contributed by atoms with Gasteiger partial charge >= 0.3 is 0 Å². The first-order chi connectivity index (χ1) is 12.4. The highest BCUT2D eigenvalue weighted by Gasteiger charge is 2.28. The lowest BCUT2D eigenvalue weighted by Gasteiger charge is -2.25. The summed E-state index contributed by atoms with van der Waals surface area (Å²) < 4.78 is 0. The number of nitriles is 1. The van der Waals surface area contributed by atoms with Gasteiger partial charge in [-0.15, -0.1) is 0 Å². The summed E-state index contributed by atoms with van der Waals surface area (Å²) in [4.78, 5) is 15.1. The second-order valence-electron chi connectivity index (χ2n) is 7.27. The summed E-state index contributed by atoms with van der Waals surface area (Å²) in [7, 11) is 0. The summed E-state index contributed by atoms with van der Waals surface area (Å²) in [6.45, 7) is 8.12. The molecule has 3 heteroatoms. The SMILES string of the molecule is CCc1cc2ccc(C(C)(C#N)Cc3c(C)cccc3C)cc2[nH]c1=O. The molecule has 0 saturated heterocycles. The Bertz CT molecular complexity index is 1050.